The summed E-state index contributed by atoms with van der Waals surface area (Å²) in [6, 6.07) is 8.17. The molecule has 0 saturated carbocycles. The molecule has 1 aromatic rings. The maximum atomic E-state index is 12.6. The second-order valence-corrected chi connectivity index (χ2v) is 7.73. The predicted molar refractivity (Wildman–Crippen MR) is 85.3 cm³/mol. The van der Waals surface area contributed by atoms with Crippen LogP contribution in [0.4, 0.5) is 0 Å². The largest absolute Gasteiger partial charge is 0.296 e. The van der Waals surface area contributed by atoms with E-state index < -0.39 is 0 Å². The molecule has 4 heteroatoms. The zero-order valence-corrected chi connectivity index (χ0v) is 13.3. The molecule has 2 aliphatic rings. The standard InChI is InChI=1S/C17H21NO2S/c1-11-5-3-6-13(9-11)15-16(20)18-14(19)10-17(15)7-4-8-21-12(17)2/h3,5-6,9,12,15H,4,7-8,10H2,1-2H3,(H,18,19,20). The summed E-state index contributed by atoms with van der Waals surface area (Å²) < 4.78 is 0. The number of thioether (sulfide) groups is 1. The number of hydrogen-bond acceptors (Lipinski definition) is 3. The first-order chi connectivity index (χ1) is 10.0. The van der Waals surface area contributed by atoms with E-state index in [0.717, 1.165) is 29.7 Å². The molecule has 3 rings (SSSR count). The fourth-order valence-electron chi connectivity index (χ4n) is 3.89. The van der Waals surface area contributed by atoms with Gasteiger partial charge in [-0.1, -0.05) is 36.8 Å². The summed E-state index contributed by atoms with van der Waals surface area (Å²) >= 11 is 1.90. The molecule has 0 radical (unpaired) electrons. The lowest BCUT2D eigenvalue weighted by atomic mass is 9.62. The van der Waals surface area contributed by atoms with E-state index in [1.165, 1.54) is 0 Å². The maximum absolute atomic E-state index is 12.6. The molecule has 2 fully saturated rings. The minimum Gasteiger partial charge on any atom is -0.296 e. The van der Waals surface area contributed by atoms with Crippen molar-refractivity contribution in [1.29, 1.82) is 0 Å². The van der Waals surface area contributed by atoms with E-state index in [4.69, 9.17) is 0 Å². The van der Waals surface area contributed by atoms with Gasteiger partial charge in [0, 0.05) is 17.1 Å². The SMILES string of the molecule is Cc1cccc(C2C(=O)NC(=O)CC23CCCSC3C)c1. The lowest BCUT2D eigenvalue weighted by Gasteiger charge is -2.49. The Hall–Kier alpha value is -1.29. The highest BCUT2D eigenvalue weighted by Crippen LogP contribution is 2.54. The van der Waals surface area contributed by atoms with Crippen molar-refractivity contribution in [2.24, 2.45) is 5.41 Å². The van der Waals surface area contributed by atoms with Gasteiger partial charge in [-0.2, -0.15) is 11.8 Å². The number of imide groups is 1. The molecule has 2 heterocycles. The molecule has 1 spiro atoms. The lowest BCUT2D eigenvalue weighted by molar-refractivity contribution is -0.140. The number of nitrogens with one attached hydrogen (secondary N) is 1. The first kappa shape index (κ1) is 14.6. The Kier molecular flexibility index (Phi) is 3.82. The van der Waals surface area contributed by atoms with Crippen molar-refractivity contribution in [2.45, 2.75) is 44.3 Å². The van der Waals surface area contributed by atoms with Crippen molar-refractivity contribution in [2.75, 3.05) is 5.75 Å². The number of piperidine rings is 1. The number of carbonyl (C=O) groups excluding carboxylic acids is 2. The van der Waals surface area contributed by atoms with Crippen LogP contribution >= 0.6 is 11.8 Å². The quantitative estimate of drug-likeness (QED) is 0.811. The Bertz CT molecular complexity index is 586. The van der Waals surface area contributed by atoms with E-state index in [1.54, 1.807) is 0 Å². The Morgan fingerprint density at radius 2 is 2.14 bits per heavy atom. The van der Waals surface area contributed by atoms with Gasteiger partial charge in [-0.05, 0) is 31.1 Å². The molecule has 0 aromatic heterocycles. The van der Waals surface area contributed by atoms with Crippen molar-refractivity contribution in [1.82, 2.24) is 5.32 Å². The molecule has 2 amide bonds. The molecule has 1 N–H and O–H groups in total. The third-order valence-corrected chi connectivity index (χ3v) is 6.42. The summed E-state index contributed by atoms with van der Waals surface area (Å²) in [7, 11) is 0. The highest BCUT2D eigenvalue weighted by Gasteiger charge is 2.53. The summed E-state index contributed by atoms with van der Waals surface area (Å²) in [6.07, 6.45) is 2.50. The average Bonchev–Trinajstić information content (AvgIpc) is 2.41. The van der Waals surface area contributed by atoms with Gasteiger partial charge in [0.25, 0.3) is 0 Å². The molecule has 112 valence electrons. The predicted octanol–water partition coefficient (Wildman–Crippen LogP) is 3.03. The van der Waals surface area contributed by atoms with Crippen LogP contribution in [0.1, 0.15) is 43.2 Å². The number of benzene rings is 1. The van der Waals surface area contributed by atoms with Crippen molar-refractivity contribution in [3.05, 3.63) is 35.4 Å². The maximum Gasteiger partial charge on any atom is 0.234 e. The molecular weight excluding hydrogens is 282 g/mol. The summed E-state index contributed by atoms with van der Waals surface area (Å²) in [4.78, 5) is 24.6. The third kappa shape index (κ3) is 2.50. The second kappa shape index (κ2) is 5.48. The first-order valence-corrected chi connectivity index (χ1v) is 8.60. The van der Waals surface area contributed by atoms with Gasteiger partial charge in [0.15, 0.2) is 0 Å². The number of amides is 2. The van der Waals surface area contributed by atoms with Crippen LogP contribution < -0.4 is 5.32 Å². The Labute approximate surface area is 129 Å². The van der Waals surface area contributed by atoms with Crippen LogP contribution in [0.5, 0.6) is 0 Å². The van der Waals surface area contributed by atoms with E-state index in [-0.39, 0.29) is 23.1 Å². The summed E-state index contributed by atoms with van der Waals surface area (Å²) in [5.74, 6) is 0.682. The third-order valence-electron chi connectivity index (χ3n) is 4.93. The highest BCUT2D eigenvalue weighted by atomic mass is 32.2. The molecule has 0 aliphatic carbocycles. The molecule has 3 atom stereocenters. The van der Waals surface area contributed by atoms with E-state index in [9.17, 15) is 9.59 Å². The van der Waals surface area contributed by atoms with E-state index in [0.29, 0.717) is 11.7 Å². The van der Waals surface area contributed by atoms with Crippen molar-refractivity contribution >= 4 is 23.6 Å². The monoisotopic (exact) mass is 303 g/mol. The summed E-state index contributed by atoms with van der Waals surface area (Å²) in [6.45, 7) is 4.22. The molecule has 3 nitrogen and oxygen atoms in total. The Morgan fingerprint density at radius 1 is 1.33 bits per heavy atom. The highest BCUT2D eigenvalue weighted by molar-refractivity contribution is 7.99. The van der Waals surface area contributed by atoms with Gasteiger partial charge in [0.05, 0.1) is 5.92 Å². The van der Waals surface area contributed by atoms with E-state index in [2.05, 4.69) is 18.3 Å². The minimum absolute atomic E-state index is 0.113. The zero-order chi connectivity index (χ0) is 15.0. The van der Waals surface area contributed by atoms with Crippen LogP contribution in [0.25, 0.3) is 0 Å². The van der Waals surface area contributed by atoms with Gasteiger partial charge >= 0.3 is 0 Å². The van der Waals surface area contributed by atoms with Crippen molar-refractivity contribution in [3.63, 3.8) is 0 Å². The molecule has 21 heavy (non-hydrogen) atoms. The smallest absolute Gasteiger partial charge is 0.234 e. The minimum atomic E-state index is -0.226. The Morgan fingerprint density at radius 3 is 2.86 bits per heavy atom. The van der Waals surface area contributed by atoms with Gasteiger partial charge in [0.1, 0.15) is 0 Å². The van der Waals surface area contributed by atoms with Crippen LogP contribution in [0.2, 0.25) is 0 Å². The number of rotatable bonds is 1. The fourth-order valence-corrected chi connectivity index (χ4v) is 5.22. The number of carbonyl (C=O) groups is 2. The number of aryl methyl sites for hydroxylation is 1. The lowest BCUT2D eigenvalue weighted by Crippen LogP contribution is -2.55. The van der Waals surface area contributed by atoms with Crippen molar-refractivity contribution in [3.8, 4) is 0 Å². The van der Waals surface area contributed by atoms with Gasteiger partial charge < -0.3 is 0 Å². The van der Waals surface area contributed by atoms with Crippen LogP contribution in [0.15, 0.2) is 24.3 Å². The normalized spacial score (nSPS) is 33.0. The fraction of sp³-hybridized carbons (Fsp3) is 0.529. The molecular formula is C17H21NO2S. The van der Waals surface area contributed by atoms with Gasteiger partial charge in [-0.15, -0.1) is 0 Å². The molecule has 0 bridgehead atoms. The molecule has 1 aromatic carbocycles. The van der Waals surface area contributed by atoms with E-state index in [1.807, 2.05) is 36.9 Å². The summed E-state index contributed by atoms with van der Waals surface area (Å²) in [5, 5.41) is 2.88. The van der Waals surface area contributed by atoms with Crippen LogP contribution in [0.3, 0.4) is 0 Å². The zero-order valence-electron chi connectivity index (χ0n) is 12.5. The van der Waals surface area contributed by atoms with E-state index >= 15 is 0 Å². The topological polar surface area (TPSA) is 46.2 Å². The molecule has 3 unspecified atom stereocenters. The van der Waals surface area contributed by atoms with Crippen LogP contribution in [-0.2, 0) is 9.59 Å². The van der Waals surface area contributed by atoms with Crippen LogP contribution in [-0.4, -0.2) is 22.8 Å². The van der Waals surface area contributed by atoms with Gasteiger partial charge in [-0.25, -0.2) is 0 Å². The van der Waals surface area contributed by atoms with Gasteiger partial charge in [0.2, 0.25) is 11.8 Å². The Balaban J connectivity index is 2.08. The van der Waals surface area contributed by atoms with Crippen molar-refractivity contribution < 1.29 is 9.59 Å². The average molecular weight is 303 g/mol. The van der Waals surface area contributed by atoms with Gasteiger partial charge in [-0.3, -0.25) is 14.9 Å². The molecule has 2 saturated heterocycles. The van der Waals surface area contributed by atoms with Crippen LogP contribution in [0, 0.1) is 12.3 Å². The first-order valence-electron chi connectivity index (χ1n) is 7.55. The molecule has 2 aliphatic heterocycles. The second-order valence-electron chi connectivity index (χ2n) is 6.29. The summed E-state index contributed by atoms with van der Waals surface area (Å²) in [5.41, 5.74) is 1.98. The number of hydrogen-bond donors (Lipinski definition) is 1.